The lowest BCUT2D eigenvalue weighted by molar-refractivity contribution is 0.591. The summed E-state index contributed by atoms with van der Waals surface area (Å²) < 4.78 is 10.4. The van der Waals surface area contributed by atoms with Crippen LogP contribution in [-0.4, -0.2) is 17.6 Å². The minimum atomic E-state index is -0.0468. The number of hydrogen-bond donors (Lipinski definition) is 0. The van der Waals surface area contributed by atoms with Gasteiger partial charge in [0.25, 0.3) is 0 Å². The Morgan fingerprint density at radius 2 is 0.576 bits per heavy atom. The molecule has 0 aliphatic carbocycles. The van der Waals surface area contributed by atoms with Gasteiger partial charge in [-0.05, 0) is 94.8 Å². The Morgan fingerprint density at radius 3 is 0.985 bits per heavy atom. The van der Waals surface area contributed by atoms with Crippen LogP contribution in [0.25, 0.3) is 152 Å². The summed E-state index contributed by atoms with van der Waals surface area (Å²) in [4.78, 5) is 0. The van der Waals surface area contributed by atoms with E-state index in [0.29, 0.717) is 0 Å². The molecular formula is C62H42N4. The van der Waals surface area contributed by atoms with Gasteiger partial charge < -0.3 is 17.6 Å². The zero-order valence-corrected chi connectivity index (χ0v) is 37.6. The van der Waals surface area contributed by atoms with Crippen molar-refractivity contribution >= 4 is 152 Å². The van der Waals surface area contributed by atoms with Crippen LogP contribution >= 0.6 is 0 Å². The Kier molecular flexibility index (Phi) is 5.58. The summed E-state index contributed by atoms with van der Waals surface area (Å²) in [7, 11) is 0. The van der Waals surface area contributed by atoms with E-state index in [4.69, 9.17) is 0 Å². The van der Waals surface area contributed by atoms with Gasteiger partial charge in [0.05, 0.1) is 66.2 Å². The van der Waals surface area contributed by atoms with E-state index in [0.717, 1.165) is 0 Å². The van der Waals surface area contributed by atoms with Crippen molar-refractivity contribution in [3.8, 4) is 0 Å². The molecule has 8 aromatic heterocycles. The molecule has 310 valence electrons. The second-order valence-corrected chi connectivity index (χ2v) is 21.7. The largest absolute Gasteiger partial charge is 0.308 e. The van der Waals surface area contributed by atoms with Crippen LogP contribution in [0, 0.1) is 0 Å². The van der Waals surface area contributed by atoms with E-state index in [1.165, 1.54) is 164 Å². The molecule has 0 bridgehead atoms. The molecule has 17 rings (SSSR count). The van der Waals surface area contributed by atoms with Gasteiger partial charge in [0, 0.05) is 86.2 Å². The lowest BCUT2D eigenvalue weighted by Gasteiger charge is -2.19. The third-order valence-electron chi connectivity index (χ3n) is 16.3. The number of aromatic nitrogens is 4. The van der Waals surface area contributed by atoms with Crippen molar-refractivity contribution in [2.45, 2.75) is 52.4 Å². The summed E-state index contributed by atoms with van der Waals surface area (Å²) in [5.41, 5.74) is 18.1. The minimum absolute atomic E-state index is 0.0468. The first-order valence-electron chi connectivity index (χ1n) is 23.6. The fourth-order valence-corrected chi connectivity index (χ4v) is 13.4. The van der Waals surface area contributed by atoms with E-state index in [1.807, 2.05) is 0 Å². The standard InChI is InChI=1S/C62H42N4/c1-61(2,3)31-23-39-37-27-38-40-24-32(62(4,5)6)26-44-54-52(29-42-34-16-8-12-20-46(34)64-48-22-14-10-18-36(48)56(54)60(42)64)66(58(40)44)50(38)30-49(37)65-51-28-41-33-15-7-11-19-45(33)63-47-21-13-9-17-35(47)55(59(41)63)53(51)43(25-31)57(39)65/h7-30H,1-6H3. The lowest BCUT2D eigenvalue weighted by Crippen LogP contribution is -2.10. The number of para-hydroxylation sites is 4. The van der Waals surface area contributed by atoms with Crippen LogP contribution in [0.4, 0.5) is 0 Å². The molecule has 0 saturated heterocycles. The smallest absolute Gasteiger partial charge is 0.0628 e. The van der Waals surface area contributed by atoms with Crippen LogP contribution in [0.2, 0.25) is 0 Å². The third-order valence-corrected chi connectivity index (χ3v) is 16.3. The van der Waals surface area contributed by atoms with Crippen molar-refractivity contribution in [1.82, 2.24) is 17.6 Å². The summed E-state index contributed by atoms with van der Waals surface area (Å²) in [6.07, 6.45) is 0. The molecule has 0 N–H and O–H groups in total. The topological polar surface area (TPSA) is 17.6 Å². The molecule has 9 aromatic carbocycles. The highest BCUT2D eigenvalue weighted by molar-refractivity contribution is 6.41. The highest BCUT2D eigenvalue weighted by Crippen LogP contribution is 2.53. The number of hydrogen-bond acceptors (Lipinski definition) is 0. The van der Waals surface area contributed by atoms with Crippen molar-refractivity contribution in [3.63, 3.8) is 0 Å². The molecule has 8 heterocycles. The van der Waals surface area contributed by atoms with E-state index in [9.17, 15) is 0 Å². The maximum absolute atomic E-state index is 2.65. The lowest BCUT2D eigenvalue weighted by atomic mass is 9.84. The molecule has 4 nitrogen and oxygen atoms in total. The highest BCUT2D eigenvalue weighted by Gasteiger charge is 2.31. The summed E-state index contributed by atoms with van der Waals surface area (Å²) in [6, 6.07) is 56.4. The maximum atomic E-state index is 2.65. The summed E-state index contributed by atoms with van der Waals surface area (Å²) in [6.45, 7) is 14.2. The van der Waals surface area contributed by atoms with Crippen molar-refractivity contribution in [2.24, 2.45) is 0 Å². The number of rotatable bonds is 0. The van der Waals surface area contributed by atoms with E-state index < -0.39 is 0 Å². The van der Waals surface area contributed by atoms with Gasteiger partial charge in [0.1, 0.15) is 0 Å². The van der Waals surface area contributed by atoms with Gasteiger partial charge in [-0.15, -0.1) is 0 Å². The molecule has 17 aromatic rings. The molecule has 0 unspecified atom stereocenters. The van der Waals surface area contributed by atoms with Gasteiger partial charge in [-0.2, -0.15) is 0 Å². The monoisotopic (exact) mass is 842 g/mol. The van der Waals surface area contributed by atoms with Gasteiger partial charge in [-0.25, -0.2) is 0 Å². The van der Waals surface area contributed by atoms with Crippen LogP contribution < -0.4 is 0 Å². The average molecular weight is 843 g/mol. The molecule has 4 heteroatoms. The van der Waals surface area contributed by atoms with Crippen LogP contribution in [0.15, 0.2) is 146 Å². The van der Waals surface area contributed by atoms with E-state index in [1.54, 1.807) is 0 Å². The van der Waals surface area contributed by atoms with Crippen molar-refractivity contribution in [2.75, 3.05) is 0 Å². The molecule has 0 atom stereocenters. The highest BCUT2D eigenvalue weighted by atomic mass is 15.0. The molecule has 0 aliphatic rings. The summed E-state index contributed by atoms with van der Waals surface area (Å²) >= 11 is 0. The number of nitrogens with zero attached hydrogens (tertiary/aromatic N) is 4. The van der Waals surface area contributed by atoms with Crippen LogP contribution in [0.1, 0.15) is 52.7 Å². The van der Waals surface area contributed by atoms with Crippen LogP contribution in [-0.2, 0) is 10.8 Å². The van der Waals surface area contributed by atoms with Crippen LogP contribution in [0.5, 0.6) is 0 Å². The predicted molar refractivity (Wildman–Crippen MR) is 282 cm³/mol. The number of fused-ring (bicyclic) bond motifs is 26. The second kappa shape index (κ2) is 10.6. The minimum Gasteiger partial charge on any atom is -0.308 e. The Bertz CT molecular complexity index is 4730. The Hall–Kier alpha value is -7.82. The van der Waals surface area contributed by atoms with Gasteiger partial charge >= 0.3 is 0 Å². The normalized spacial score (nSPS) is 13.9. The molecule has 0 saturated carbocycles. The first kappa shape index (κ1) is 34.6. The first-order valence-corrected chi connectivity index (χ1v) is 23.6. The SMILES string of the molecule is CC(C)(C)c1cc2c3cc4c5cc(C(C)(C)C)cc6c7c8c9ccccc9n9c%10ccccc%10c(cc7n(c4cc3n3c4cc7c%10ccccc%10n%10c%11ccccc%11c(c4c(c1)c23)c7%10)c56)c89. The maximum Gasteiger partial charge on any atom is 0.0628 e. The average Bonchev–Trinajstić information content (AvgIpc) is 4.19. The third kappa shape index (κ3) is 3.66. The fourth-order valence-electron chi connectivity index (χ4n) is 13.4. The molecule has 0 amide bonds. The summed E-state index contributed by atoms with van der Waals surface area (Å²) in [5, 5.41) is 21.3. The molecule has 0 fully saturated rings. The van der Waals surface area contributed by atoms with Gasteiger partial charge in [0.15, 0.2) is 0 Å². The van der Waals surface area contributed by atoms with Gasteiger partial charge in [-0.1, -0.05) is 114 Å². The number of benzene rings is 9. The molecule has 66 heavy (non-hydrogen) atoms. The van der Waals surface area contributed by atoms with Gasteiger partial charge in [0.2, 0.25) is 0 Å². The fraction of sp³-hybridized carbons (Fsp3) is 0.129. The molecular weight excluding hydrogens is 801 g/mol. The Morgan fingerprint density at radius 1 is 0.242 bits per heavy atom. The summed E-state index contributed by atoms with van der Waals surface area (Å²) in [5.74, 6) is 0. The van der Waals surface area contributed by atoms with E-state index >= 15 is 0 Å². The molecule has 0 radical (unpaired) electrons. The van der Waals surface area contributed by atoms with Crippen molar-refractivity contribution in [3.05, 3.63) is 157 Å². The predicted octanol–water partition coefficient (Wildman–Crippen LogP) is 16.9. The van der Waals surface area contributed by atoms with E-state index in [2.05, 4.69) is 205 Å². The zero-order chi connectivity index (χ0) is 43.6. The second-order valence-electron chi connectivity index (χ2n) is 21.7. The molecule has 0 aliphatic heterocycles. The van der Waals surface area contributed by atoms with E-state index in [-0.39, 0.29) is 10.8 Å². The van der Waals surface area contributed by atoms with Crippen LogP contribution in [0.3, 0.4) is 0 Å². The Labute approximate surface area is 377 Å². The van der Waals surface area contributed by atoms with Crippen molar-refractivity contribution in [1.29, 1.82) is 0 Å². The van der Waals surface area contributed by atoms with Gasteiger partial charge in [-0.3, -0.25) is 0 Å². The quantitative estimate of drug-likeness (QED) is 0.145. The Balaban J connectivity index is 1.14. The molecule has 0 spiro atoms. The zero-order valence-electron chi connectivity index (χ0n) is 37.6. The van der Waals surface area contributed by atoms with Crippen molar-refractivity contribution < 1.29 is 0 Å². The first-order chi connectivity index (χ1) is 32.0.